The topological polar surface area (TPSA) is 70.7 Å². The van der Waals surface area contributed by atoms with Crippen molar-refractivity contribution in [2.45, 2.75) is 45.1 Å². The van der Waals surface area contributed by atoms with E-state index in [0.717, 1.165) is 5.56 Å². The SMILES string of the molecule is CCOC(=O)N1CCC(NC(=O)NCC(C)(C)c2ccc(F)cc2)CC1. The second-order valence-electron chi connectivity index (χ2n) is 7.18. The molecule has 1 aliphatic heterocycles. The number of ether oxygens (including phenoxy) is 1. The van der Waals surface area contributed by atoms with E-state index >= 15 is 0 Å². The average molecular weight is 365 g/mol. The van der Waals surface area contributed by atoms with E-state index in [9.17, 15) is 14.0 Å². The standard InChI is InChI=1S/C19H28FN3O3/c1-4-26-18(25)23-11-9-16(10-12-23)22-17(24)21-13-19(2,3)14-5-7-15(20)8-6-14/h5-8,16H,4,9-13H2,1-3H3,(H2,21,22,24). The van der Waals surface area contributed by atoms with Crippen molar-refractivity contribution in [3.8, 4) is 0 Å². The van der Waals surface area contributed by atoms with Crippen molar-refractivity contribution in [1.29, 1.82) is 0 Å². The summed E-state index contributed by atoms with van der Waals surface area (Å²) in [5.41, 5.74) is 0.653. The molecule has 0 aliphatic carbocycles. The van der Waals surface area contributed by atoms with E-state index in [2.05, 4.69) is 10.6 Å². The summed E-state index contributed by atoms with van der Waals surface area (Å²) in [4.78, 5) is 25.5. The number of halogens is 1. The van der Waals surface area contributed by atoms with Gasteiger partial charge in [-0.1, -0.05) is 26.0 Å². The summed E-state index contributed by atoms with van der Waals surface area (Å²) in [6.07, 6.45) is 1.11. The third-order valence-corrected chi connectivity index (χ3v) is 4.67. The molecule has 1 heterocycles. The summed E-state index contributed by atoms with van der Waals surface area (Å²) in [6, 6.07) is 6.13. The number of carbonyl (C=O) groups excluding carboxylic acids is 2. The number of likely N-dealkylation sites (tertiary alicyclic amines) is 1. The molecule has 2 N–H and O–H groups in total. The zero-order valence-corrected chi connectivity index (χ0v) is 15.7. The Hall–Kier alpha value is -2.31. The van der Waals surface area contributed by atoms with Gasteiger partial charge in [0.25, 0.3) is 0 Å². The molecule has 0 saturated carbocycles. The third-order valence-electron chi connectivity index (χ3n) is 4.67. The van der Waals surface area contributed by atoms with Crippen LogP contribution in [0.2, 0.25) is 0 Å². The lowest BCUT2D eigenvalue weighted by Crippen LogP contribution is -2.50. The number of urea groups is 1. The van der Waals surface area contributed by atoms with Gasteiger partial charge >= 0.3 is 12.1 Å². The van der Waals surface area contributed by atoms with Gasteiger partial charge in [0.2, 0.25) is 0 Å². The van der Waals surface area contributed by atoms with E-state index in [1.54, 1.807) is 24.0 Å². The molecular weight excluding hydrogens is 337 g/mol. The van der Waals surface area contributed by atoms with E-state index in [1.165, 1.54) is 12.1 Å². The molecule has 0 aromatic heterocycles. The third kappa shape index (κ3) is 5.61. The molecule has 0 atom stereocenters. The molecule has 1 aliphatic rings. The van der Waals surface area contributed by atoms with Crippen LogP contribution < -0.4 is 10.6 Å². The van der Waals surface area contributed by atoms with Gasteiger partial charge in [-0.25, -0.2) is 14.0 Å². The largest absolute Gasteiger partial charge is 0.450 e. The van der Waals surface area contributed by atoms with Crippen molar-refractivity contribution in [2.24, 2.45) is 0 Å². The van der Waals surface area contributed by atoms with Crippen LogP contribution in [-0.4, -0.2) is 49.3 Å². The zero-order chi connectivity index (χ0) is 19.2. The van der Waals surface area contributed by atoms with Gasteiger partial charge in [0.1, 0.15) is 5.82 Å². The highest BCUT2D eigenvalue weighted by atomic mass is 19.1. The van der Waals surface area contributed by atoms with Crippen LogP contribution in [0.5, 0.6) is 0 Å². The lowest BCUT2D eigenvalue weighted by atomic mass is 9.84. The molecule has 1 aromatic carbocycles. The molecule has 1 fully saturated rings. The molecular formula is C19H28FN3O3. The maximum absolute atomic E-state index is 13.1. The number of benzene rings is 1. The Morgan fingerprint density at radius 2 is 1.85 bits per heavy atom. The summed E-state index contributed by atoms with van der Waals surface area (Å²) < 4.78 is 18.0. The van der Waals surface area contributed by atoms with Gasteiger partial charge in [-0.05, 0) is 37.5 Å². The van der Waals surface area contributed by atoms with E-state index in [0.29, 0.717) is 39.1 Å². The van der Waals surface area contributed by atoms with Crippen LogP contribution in [0.4, 0.5) is 14.0 Å². The van der Waals surface area contributed by atoms with Gasteiger partial charge in [0, 0.05) is 31.1 Å². The van der Waals surface area contributed by atoms with Crippen molar-refractivity contribution >= 4 is 12.1 Å². The Morgan fingerprint density at radius 1 is 1.23 bits per heavy atom. The number of carbonyl (C=O) groups is 2. The van der Waals surface area contributed by atoms with Crippen LogP contribution >= 0.6 is 0 Å². The number of amides is 3. The average Bonchev–Trinajstić information content (AvgIpc) is 2.61. The quantitative estimate of drug-likeness (QED) is 0.843. The highest BCUT2D eigenvalue weighted by molar-refractivity contribution is 5.74. The maximum Gasteiger partial charge on any atom is 0.409 e. The second kappa shape index (κ2) is 8.87. The summed E-state index contributed by atoms with van der Waals surface area (Å²) in [5.74, 6) is -0.274. The molecule has 3 amide bonds. The molecule has 1 saturated heterocycles. The summed E-state index contributed by atoms with van der Waals surface area (Å²) in [5, 5.41) is 5.84. The number of rotatable bonds is 5. The second-order valence-corrected chi connectivity index (χ2v) is 7.18. The van der Waals surface area contributed by atoms with Crippen LogP contribution in [-0.2, 0) is 10.2 Å². The molecule has 1 aromatic rings. The number of hydrogen-bond donors (Lipinski definition) is 2. The fourth-order valence-electron chi connectivity index (χ4n) is 2.96. The molecule has 7 heteroatoms. The Balaban J connectivity index is 1.75. The lowest BCUT2D eigenvalue weighted by Gasteiger charge is -2.32. The molecule has 144 valence electrons. The van der Waals surface area contributed by atoms with Gasteiger partial charge in [-0.2, -0.15) is 0 Å². The van der Waals surface area contributed by atoms with Crippen molar-refractivity contribution in [2.75, 3.05) is 26.2 Å². The maximum atomic E-state index is 13.1. The Bertz CT molecular complexity index is 611. The molecule has 0 bridgehead atoms. The monoisotopic (exact) mass is 365 g/mol. The minimum absolute atomic E-state index is 0.0367. The lowest BCUT2D eigenvalue weighted by molar-refractivity contribution is 0.0957. The van der Waals surface area contributed by atoms with E-state index < -0.39 is 0 Å². The molecule has 0 spiro atoms. The molecule has 2 rings (SSSR count). The summed E-state index contributed by atoms with van der Waals surface area (Å²) >= 11 is 0. The van der Waals surface area contributed by atoms with Crippen molar-refractivity contribution in [3.05, 3.63) is 35.6 Å². The smallest absolute Gasteiger partial charge is 0.409 e. The zero-order valence-electron chi connectivity index (χ0n) is 15.7. The fraction of sp³-hybridized carbons (Fsp3) is 0.579. The predicted molar refractivity (Wildman–Crippen MR) is 97.6 cm³/mol. The predicted octanol–water partition coefficient (Wildman–Crippen LogP) is 3.02. The van der Waals surface area contributed by atoms with Crippen molar-refractivity contribution < 1.29 is 18.7 Å². The first kappa shape index (κ1) is 20.0. The first-order chi connectivity index (χ1) is 12.3. The van der Waals surface area contributed by atoms with E-state index in [-0.39, 0.29) is 29.4 Å². The van der Waals surface area contributed by atoms with Crippen LogP contribution in [0.1, 0.15) is 39.2 Å². The number of piperidine rings is 1. The van der Waals surface area contributed by atoms with Crippen LogP contribution in [0.3, 0.4) is 0 Å². The van der Waals surface area contributed by atoms with Gasteiger partial charge in [-0.15, -0.1) is 0 Å². The summed E-state index contributed by atoms with van der Waals surface area (Å²) in [7, 11) is 0. The van der Waals surface area contributed by atoms with Crippen molar-refractivity contribution in [3.63, 3.8) is 0 Å². The molecule has 26 heavy (non-hydrogen) atoms. The number of nitrogens with zero attached hydrogens (tertiary/aromatic N) is 1. The van der Waals surface area contributed by atoms with Gasteiger partial charge < -0.3 is 20.3 Å². The molecule has 0 radical (unpaired) electrons. The first-order valence-corrected chi connectivity index (χ1v) is 9.04. The highest BCUT2D eigenvalue weighted by Gasteiger charge is 2.26. The van der Waals surface area contributed by atoms with Gasteiger partial charge in [0.15, 0.2) is 0 Å². The van der Waals surface area contributed by atoms with Gasteiger partial charge in [0.05, 0.1) is 6.61 Å². The summed E-state index contributed by atoms with van der Waals surface area (Å²) in [6.45, 7) is 7.73. The Morgan fingerprint density at radius 3 is 2.42 bits per heavy atom. The van der Waals surface area contributed by atoms with Crippen LogP contribution in [0.15, 0.2) is 24.3 Å². The van der Waals surface area contributed by atoms with E-state index in [4.69, 9.17) is 4.74 Å². The number of hydrogen-bond acceptors (Lipinski definition) is 3. The Kier molecular flexibility index (Phi) is 6.83. The Labute approximate surface area is 154 Å². The van der Waals surface area contributed by atoms with Crippen molar-refractivity contribution in [1.82, 2.24) is 15.5 Å². The highest BCUT2D eigenvalue weighted by Crippen LogP contribution is 2.22. The fourth-order valence-corrected chi connectivity index (χ4v) is 2.96. The first-order valence-electron chi connectivity index (χ1n) is 9.04. The number of nitrogens with one attached hydrogen (secondary N) is 2. The molecule has 6 nitrogen and oxygen atoms in total. The van der Waals surface area contributed by atoms with Gasteiger partial charge in [-0.3, -0.25) is 0 Å². The molecule has 0 unspecified atom stereocenters. The van der Waals surface area contributed by atoms with Crippen LogP contribution in [0.25, 0.3) is 0 Å². The van der Waals surface area contributed by atoms with Crippen LogP contribution in [0, 0.1) is 5.82 Å². The normalized spacial score (nSPS) is 15.5. The minimum Gasteiger partial charge on any atom is -0.450 e. The minimum atomic E-state index is -0.307. The van der Waals surface area contributed by atoms with E-state index in [1.807, 2.05) is 13.8 Å².